The first-order chi connectivity index (χ1) is 12.8. The van der Waals surface area contributed by atoms with Gasteiger partial charge in [0.05, 0.1) is 12.5 Å². The lowest BCUT2D eigenvalue weighted by atomic mass is 9.66. The topological polar surface area (TPSA) is 85.9 Å². The maximum absolute atomic E-state index is 14.3. The highest BCUT2D eigenvalue weighted by atomic mass is 32.2. The van der Waals surface area contributed by atoms with Crippen LogP contribution in [0.1, 0.15) is 37.0 Å². The average Bonchev–Trinajstić information content (AvgIpc) is 2.93. The van der Waals surface area contributed by atoms with Gasteiger partial charge in [0.25, 0.3) is 0 Å². The molecule has 1 atom stereocenters. The molecule has 27 heavy (non-hydrogen) atoms. The minimum atomic E-state index is -3.90. The molecule has 0 radical (unpaired) electrons. The van der Waals surface area contributed by atoms with Crippen LogP contribution in [-0.2, 0) is 22.0 Å². The Morgan fingerprint density at radius 2 is 2.11 bits per heavy atom. The van der Waals surface area contributed by atoms with Crippen molar-refractivity contribution in [2.45, 2.75) is 37.5 Å². The molecule has 1 fully saturated rings. The van der Waals surface area contributed by atoms with E-state index in [1.807, 2.05) is 6.07 Å². The van der Waals surface area contributed by atoms with Gasteiger partial charge in [-0.05, 0) is 30.9 Å². The van der Waals surface area contributed by atoms with E-state index in [0.717, 1.165) is 36.4 Å². The molecule has 142 valence electrons. The minimum Gasteiger partial charge on any atom is -0.465 e. The quantitative estimate of drug-likeness (QED) is 0.747. The maximum atomic E-state index is 14.3. The van der Waals surface area contributed by atoms with Gasteiger partial charge in [-0.2, -0.15) is 8.42 Å². The number of rotatable bonds is 4. The summed E-state index contributed by atoms with van der Waals surface area (Å²) < 4.78 is 47.9. The maximum Gasteiger partial charge on any atom is 0.306 e. The first-order valence-corrected chi connectivity index (χ1v) is 10.5. The average molecular weight is 391 g/mol. The third kappa shape index (κ3) is 3.07. The van der Waals surface area contributed by atoms with E-state index >= 15 is 0 Å². The fourth-order valence-electron chi connectivity index (χ4n) is 4.07. The van der Waals surface area contributed by atoms with Crippen LogP contribution in [0.5, 0.6) is 5.75 Å². The van der Waals surface area contributed by atoms with Gasteiger partial charge in [-0.3, -0.25) is 9.79 Å². The molecule has 0 spiro atoms. The van der Waals surface area contributed by atoms with Gasteiger partial charge in [-0.15, -0.1) is 0 Å². The molecule has 0 bridgehead atoms. The molecule has 0 saturated heterocycles. The van der Waals surface area contributed by atoms with Crippen molar-refractivity contribution in [3.63, 3.8) is 0 Å². The molecule has 2 aromatic rings. The highest BCUT2D eigenvalue weighted by Gasteiger charge is 2.46. The molecule has 1 aliphatic heterocycles. The van der Waals surface area contributed by atoms with Crippen molar-refractivity contribution >= 4 is 21.5 Å². The van der Waals surface area contributed by atoms with Crippen LogP contribution >= 0.6 is 0 Å². The lowest BCUT2D eigenvalue weighted by molar-refractivity contribution is 0.380. The lowest BCUT2D eigenvalue weighted by Gasteiger charge is -2.35. The van der Waals surface area contributed by atoms with E-state index in [2.05, 4.69) is 4.99 Å². The van der Waals surface area contributed by atoms with Crippen molar-refractivity contribution in [2.24, 2.45) is 4.99 Å². The van der Waals surface area contributed by atoms with Gasteiger partial charge in [0, 0.05) is 23.6 Å². The van der Waals surface area contributed by atoms with Gasteiger partial charge in [-0.25, -0.2) is 4.39 Å². The monoisotopic (exact) mass is 391 g/mol. The molecule has 6 nitrogen and oxygen atoms in total. The normalized spacial score (nSPS) is 21.3. The summed E-state index contributed by atoms with van der Waals surface area (Å²) in [4.78, 5) is 16.7. The van der Waals surface area contributed by atoms with E-state index in [0.29, 0.717) is 18.5 Å². The van der Waals surface area contributed by atoms with Crippen LogP contribution in [0.15, 0.2) is 44.7 Å². The Morgan fingerprint density at radius 3 is 2.89 bits per heavy atom. The molecule has 4 rings (SSSR count). The highest BCUT2D eigenvalue weighted by molar-refractivity contribution is 7.86. The summed E-state index contributed by atoms with van der Waals surface area (Å²) in [7, 11) is -3.90. The van der Waals surface area contributed by atoms with Crippen LogP contribution in [0.3, 0.4) is 0 Å². The summed E-state index contributed by atoms with van der Waals surface area (Å²) in [5, 5.41) is 0. The third-order valence-corrected chi connectivity index (χ3v) is 5.64. The Hall–Kier alpha value is -2.48. The zero-order chi connectivity index (χ0) is 19.2. The second-order valence-corrected chi connectivity index (χ2v) is 8.56. The predicted octanol–water partition coefficient (Wildman–Crippen LogP) is 3.26. The number of nitrogens with zero attached hydrogens (tertiary/aromatic N) is 1. The molecule has 1 aromatic heterocycles. The van der Waals surface area contributed by atoms with Gasteiger partial charge < -0.3 is 8.60 Å². The fraction of sp³-hybridized carbons (Fsp3) is 0.368. The lowest BCUT2D eigenvalue weighted by Crippen LogP contribution is -2.38. The number of hydrogen-bond donors (Lipinski definition) is 0. The van der Waals surface area contributed by atoms with E-state index in [4.69, 9.17) is 8.60 Å². The standard InChI is InChI=1S/C19H18FNO5S/c1-27(23,24)26-18-14(22)8-10-25-15(18)11-19-9-3-2-7-16(19)21-17-12(19)5-4-6-13(17)20/h4-6,8,10H,2-3,7,9,11H2,1H3. The number of hydrogen-bond acceptors (Lipinski definition) is 6. The summed E-state index contributed by atoms with van der Waals surface area (Å²) in [5.41, 5.74) is 0.700. The first-order valence-electron chi connectivity index (χ1n) is 8.67. The van der Waals surface area contributed by atoms with E-state index in [1.54, 1.807) is 6.07 Å². The van der Waals surface area contributed by atoms with Crippen LogP contribution in [0, 0.1) is 5.82 Å². The summed E-state index contributed by atoms with van der Waals surface area (Å²) >= 11 is 0. The predicted molar refractivity (Wildman–Crippen MR) is 97.8 cm³/mol. The van der Waals surface area contributed by atoms with Crippen molar-refractivity contribution in [2.75, 3.05) is 6.26 Å². The Kier molecular flexibility index (Phi) is 4.18. The van der Waals surface area contributed by atoms with Crippen LogP contribution < -0.4 is 9.61 Å². The van der Waals surface area contributed by atoms with Gasteiger partial charge in [0.15, 0.2) is 5.76 Å². The molecule has 8 heteroatoms. The summed E-state index contributed by atoms with van der Waals surface area (Å²) in [6.07, 6.45) is 5.55. The van der Waals surface area contributed by atoms with Gasteiger partial charge in [-0.1, -0.05) is 18.6 Å². The molecule has 1 unspecified atom stereocenters. The van der Waals surface area contributed by atoms with Crippen molar-refractivity contribution in [3.05, 3.63) is 57.9 Å². The van der Waals surface area contributed by atoms with Crippen molar-refractivity contribution < 1.29 is 21.4 Å². The number of benzene rings is 1. The molecule has 0 N–H and O–H groups in total. The number of fused-ring (bicyclic) bond motifs is 3. The van der Waals surface area contributed by atoms with E-state index < -0.39 is 26.8 Å². The van der Waals surface area contributed by atoms with Gasteiger partial charge in [0.1, 0.15) is 11.5 Å². The first kappa shape index (κ1) is 17.9. The number of aliphatic imine (C=N–C) groups is 1. The van der Waals surface area contributed by atoms with Crippen LogP contribution in [0.4, 0.5) is 10.1 Å². The zero-order valence-electron chi connectivity index (χ0n) is 14.7. The third-order valence-electron chi connectivity index (χ3n) is 5.17. The van der Waals surface area contributed by atoms with Crippen LogP contribution in [0.25, 0.3) is 0 Å². The Labute approximate surface area is 155 Å². The molecule has 1 aromatic carbocycles. The van der Waals surface area contributed by atoms with Gasteiger partial charge in [0.2, 0.25) is 11.2 Å². The number of halogens is 1. The van der Waals surface area contributed by atoms with Crippen molar-refractivity contribution in [1.82, 2.24) is 0 Å². The Morgan fingerprint density at radius 1 is 1.30 bits per heavy atom. The second kappa shape index (κ2) is 6.30. The van der Waals surface area contributed by atoms with E-state index in [-0.39, 0.29) is 17.9 Å². The SMILES string of the molecule is CS(=O)(=O)Oc1c(CC23CCCCC2=Nc2c(F)cccc23)occc1=O. The summed E-state index contributed by atoms with van der Waals surface area (Å²) in [6.45, 7) is 0. The minimum absolute atomic E-state index is 0.125. The largest absolute Gasteiger partial charge is 0.465 e. The second-order valence-electron chi connectivity index (χ2n) is 6.99. The summed E-state index contributed by atoms with van der Waals surface area (Å²) in [5.74, 6) is -0.611. The zero-order valence-corrected chi connectivity index (χ0v) is 15.5. The van der Waals surface area contributed by atoms with E-state index in [9.17, 15) is 17.6 Å². The van der Waals surface area contributed by atoms with Crippen molar-refractivity contribution in [3.8, 4) is 5.75 Å². The number of para-hydroxylation sites is 1. The fourth-order valence-corrected chi connectivity index (χ4v) is 4.55. The Bertz CT molecular complexity index is 1110. The molecule has 1 saturated carbocycles. The smallest absolute Gasteiger partial charge is 0.306 e. The molecule has 1 aliphatic carbocycles. The molecule has 2 aliphatic rings. The molecular weight excluding hydrogens is 373 g/mol. The van der Waals surface area contributed by atoms with Crippen LogP contribution in [-0.4, -0.2) is 20.4 Å². The Balaban J connectivity index is 1.85. The molecule has 2 heterocycles. The molecule has 0 amide bonds. The van der Waals surface area contributed by atoms with Gasteiger partial charge >= 0.3 is 10.1 Å². The van der Waals surface area contributed by atoms with Crippen molar-refractivity contribution in [1.29, 1.82) is 0 Å². The summed E-state index contributed by atoms with van der Waals surface area (Å²) in [6, 6.07) is 5.95. The highest BCUT2D eigenvalue weighted by Crippen LogP contribution is 2.50. The molecular formula is C19H18FNO5S. The van der Waals surface area contributed by atoms with Crippen LogP contribution in [0.2, 0.25) is 0 Å². The van der Waals surface area contributed by atoms with E-state index in [1.165, 1.54) is 12.3 Å².